The number of hydrogen-bond acceptors (Lipinski definition) is 5. The average Bonchev–Trinajstić information content (AvgIpc) is 2.75. The topological polar surface area (TPSA) is 82.0 Å². The van der Waals surface area contributed by atoms with E-state index < -0.39 is 6.10 Å². The van der Waals surface area contributed by atoms with E-state index in [1.54, 1.807) is 12.1 Å². The number of hydrogen-bond donors (Lipinski definition) is 4. The van der Waals surface area contributed by atoms with Crippen molar-refractivity contribution in [3.05, 3.63) is 65.2 Å². The summed E-state index contributed by atoms with van der Waals surface area (Å²) in [6, 6.07) is 15.2. The van der Waals surface area contributed by atoms with Crippen molar-refractivity contribution in [2.75, 3.05) is 19.8 Å². The highest BCUT2D eigenvalue weighted by molar-refractivity contribution is 5.36. The van der Waals surface area contributed by atoms with Gasteiger partial charge in [-0.1, -0.05) is 49.2 Å². The number of aromatic hydroxyl groups is 1. The Hall–Kier alpha value is -1.92. The van der Waals surface area contributed by atoms with Crippen LogP contribution in [-0.4, -0.2) is 40.6 Å². The number of unbranched alkanes of at least 4 members (excludes halogenated alkanes) is 2. The summed E-state index contributed by atoms with van der Waals surface area (Å²) in [5.74, 6) is 0.0470. The fourth-order valence-corrected chi connectivity index (χ4v) is 3.40. The highest BCUT2D eigenvalue weighted by atomic mass is 16.5. The number of phenols is 1. The van der Waals surface area contributed by atoms with Gasteiger partial charge in [0.05, 0.1) is 19.3 Å². The second-order valence-corrected chi connectivity index (χ2v) is 8.49. The molecule has 0 aliphatic heterocycles. The van der Waals surface area contributed by atoms with E-state index in [0.29, 0.717) is 17.7 Å². The van der Waals surface area contributed by atoms with E-state index in [0.717, 1.165) is 45.3 Å². The summed E-state index contributed by atoms with van der Waals surface area (Å²) in [7, 11) is 0. The quantitative estimate of drug-likeness (QED) is 0.349. The fourth-order valence-electron chi connectivity index (χ4n) is 3.40. The highest BCUT2D eigenvalue weighted by Crippen LogP contribution is 2.23. The first-order valence-corrected chi connectivity index (χ1v) is 10.9. The molecule has 0 saturated heterocycles. The molecule has 0 radical (unpaired) electrons. The van der Waals surface area contributed by atoms with Crippen LogP contribution < -0.4 is 5.32 Å². The molecular formula is C25H37NO4. The maximum Gasteiger partial charge on any atom is 0.121 e. The van der Waals surface area contributed by atoms with Crippen LogP contribution >= 0.6 is 0 Å². The Kier molecular flexibility index (Phi) is 10.3. The van der Waals surface area contributed by atoms with Gasteiger partial charge in [0.2, 0.25) is 0 Å². The van der Waals surface area contributed by atoms with Crippen LogP contribution in [0.5, 0.6) is 5.75 Å². The van der Waals surface area contributed by atoms with E-state index in [1.807, 2.05) is 6.07 Å². The van der Waals surface area contributed by atoms with E-state index in [4.69, 9.17) is 4.74 Å². The zero-order valence-corrected chi connectivity index (χ0v) is 18.3. The van der Waals surface area contributed by atoms with Gasteiger partial charge < -0.3 is 25.4 Å². The van der Waals surface area contributed by atoms with Gasteiger partial charge in [-0.15, -0.1) is 0 Å². The smallest absolute Gasteiger partial charge is 0.121 e. The summed E-state index contributed by atoms with van der Waals surface area (Å²) in [5.41, 5.74) is 2.35. The summed E-state index contributed by atoms with van der Waals surface area (Å²) in [5, 5.41) is 32.8. The van der Waals surface area contributed by atoms with Crippen LogP contribution in [0.4, 0.5) is 0 Å². The summed E-state index contributed by atoms with van der Waals surface area (Å²) in [4.78, 5) is 0. The molecule has 0 spiro atoms. The second-order valence-electron chi connectivity index (χ2n) is 8.49. The van der Waals surface area contributed by atoms with Gasteiger partial charge in [-0.05, 0) is 56.4 Å². The lowest BCUT2D eigenvalue weighted by molar-refractivity contribution is 0.131. The number of nitrogens with one attached hydrogen (secondary N) is 1. The Morgan fingerprint density at radius 3 is 2.50 bits per heavy atom. The van der Waals surface area contributed by atoms with Crippen molar-refractivity contribution in [3.8, 4) is 5.75 Å². The Morgan fingerprint density at radius 2 is 1.77 bits per heavy atom. The van der Waals surface area contributed by atoms with E-state index in [-0.39, 0.29) is 17.9 Å². The third-order valence-electron chi connectivity index (χ3n) is 5.40. The van der Waals surface area contributed by atoms with Crippen molar-refractivity contribution in [2.24, 2.45) is 0 Å². The average molecular weight is 416 g/mol. The predicted octanol–water partition coefficient (Wildman–Crippen LogP) is 4.11. The number of ether oxygens (including phenoxy) is 1. The van der Waals surface area contributed by atoms with E-state index in [9.17, 15) is 15.3 Å². The molecule has 30 heavy (non-hydrogen) atoms. The number of rotatable bonds is 14. The third kappa shape index (κ3) is 8.84. The van der Waals surface area contributed by atoms with Crippen molar-refractivity contribution in [3.63, 3.8) is 0 Å². The minimum Gasteiger partial charge on any atom is -0.508 e. The van der Waals surface area contributed by atoms with Gasteiger partial charge in [-0.2, -0.15) is 0 Å². The first-order valence-electron chi connectivity index (χ1n) is 10.9. The molecule has 2 rings (SSSR count). The van der Waals surface area contributed by atoms with Crippen LogP contribution in [0, 0.1) is 0 Å². The molecule has 0 amide bonds. The molecule has 1 atom stereocenters. The molecule has 0 fully saturated rings. The van der Waals surface area contributed by atoms with Crippen LogP contribution in [-0.2, 0) is 17.8 Å². The second kappa shape index (κ2) is 12.7. The molecule has 0 saturated carbocycles. The van der Waals surface area contributed by atoms with Crippen LogP contribution in [0.1, 0.15) is 62.3 Å². The molecule has 0 bridgehead atoms. The van der Waals surface area contributed by atoms with Gasteiger partial charge in [0, 0.05) is 24.3 Å². The number of aliphatic hydroxyl groups is 2. The van der Waals surface area contributed by atoms with Gasteiger partial charge in [0.25, 0.3) is 0 Å². The van der Waals surface area contributed by atoms with E-state index in [2.05, 4.69) is 43.4 Å². The molecule has 2 aromatic carbocycles. The lowest BCUT2D eigenvalue weighted by Gasteiger charge is -2.28. The first-order chi connectivity index (χ1) is 14.4. The molecule has 0 aliphatic rings. The lowest BCUT2D eigenvalue weighted by atomic mass is 9.96. The molecule has 0 aromatic heterocycles. The molecule has 5 nitrogen and oxygen atoms in total. The molecule has 0 aliphatic carbocycles. The summed E-state index contributed by atoms with van der Waals surface area (Å²) in [6.07, 6.45) is 4.57. The summed E-state index contributed by atoms with van der Waals surface area (Å²) >= 11 is 0. The zero-order valence-electron chi connectivity index (χ0n) is 18.3. The minimum absolute atomic E-state index is 0.0470. The standard InChI is InChI=1S/C25H37NO4/c1-25(2,26-18-24(29)21-11-12-23(28)22(17-21)19-27)14-7-4-8-15-30-16-13-20-9-5-3-6-10-20/h3,5-6,9-12,17,24,26-29H,4,7-8,13-16,18-19H2,1-2H3. The van der Waals surface area contributed by atoms with Crippen molar-refractivity contribution in [1.29, 1.82) is 0 Å². The van der Waals surface area contributed by atoms with Gasteiger partial charge in [-0.25, -0.2) is 0 Å². The van der Waals surface area contributed by atoms with E-state index >= 15 is 0 Å². The van der Waals surface area contributed by atoms with Crippen LogP contribution in [0.25, 0.3) is 0 Å². The predicted molar refractivity (Wildman–Crippen MR) is 121 cm³/mol. The third-order valence-corrected chi connectivity index (χ3v) is 5.40. The highest BCUT2D eigenvalue weighted by Gasteiger charge is 2.19. The monoisotopic (exact) mass is 415 g/mol. The van der Waals surface area contributed by atoms with Crippen molar-refractivity contribution in [1.82, 2.24) is 5.32 Å². The van der Waals surface area contributed by atoms with Crippen molar-refractivity contribution >= 4 is 0 Å². The van der Waals surface area contributed by atoms with Crippen LogP contribution in [0.15, 0.2) is 48.5 Å². The maximum atomic E-state index is 10.4. The van der Waals surface area contributed by atoms with Crippen LogP contribution in [0.2, 0.25) is 0 Å². The molecule has 1 unspecified atom stereocenters. The molecule has 5 heteroatoms. The van der Waals surface area contributed by atoms with Gasteiger partial charge in [-0.3, -0.25) is 0 Å². The minimum atomic E-state index is -0.687. The maximum absolute atomic E-state index is 10.4. The Labute approximate surface area is 180 Å². The SMILES string of the molecule is CC(C)(CCCCCOCCc1ccccc1)NCC(O)c1ccc(O)c(CO)c1. The zero-order chi connectivity index (χ0) is 21.8. The fraction of sp³-hybridized carbons (Fsp3) is 0.520. The molecule has 166 valence electrons. The lowest BCUT2D eigenvalue weighted by Crippen LogP contribution is -2.41. The Morgan fingerprint density at radius 1 is 1.00 bits per heavy atom. The first kappa shape index (κ1) is 24.4. The van der Waals surface area contributed by atoms with Gasteiger partial charge >= 0.3 is 0 Å². The molecule has 0 heterocycles. The summed E-state index contributed by atoms with van der Waals surface area (Å²) < 4.78 is 5.74. The normalized spacial score (nSPS) is 12.8. The largest absolute Gasteiger partial charge is 0.508 e. The molecule has 4 N–H and O–H groups in total. The number of benzene rings is 2. The van der Waals surface area contributed by atoms with Gasteiger partial charge in [0.1, 0.15) is 5.75 Å². The van der Waals surface area contributed by atoms with Crippen molar-refractivity contribution in [2.45, 2.75) is 64.2 Å². The Bertz CT molecular complexity index is 733. The summed E-state index contributed by atoms with van der Waals surface area (Å²) in [6.45, 7) is 6.03. The Balaban J connectivity index is 1.57. The number of β-amino-alcohol motifs (C(OH)–C–C–N with tert-alkyl or cyclic N) is 1. The van der Waals surface area contributed by atoms with Crippen LogP contribution in [0.3, 0.4) is 0 Å². The number of aliphatic hydroxyl groups excluding tert-OH is 2. The molecular weight excluding hydrogens is 378 g/mol. The van der Waals surface area contributed by atoms with Gasteiger partial charge in [0.15, 0.2) is 0 Å². The van der Waals surface area contributed by atoms with Crippen molar-refractivity contribution < 1.29 is 20.1 Å². The molecule has 2 aromatic rings. The van der Waals surface area contributed by atoms with E-state index in [1.165, 1.54) is 11.6 Å².